The van der Waals surface area contributed by atoms with Gasteiger partial charge in [-0.2, -0.15) is 0 Å². The van der Waals surface area contributed by atoms with Crippen molar-refractivity contribution in [3.05, 3.63) is 18.2 Å². The number of nitrogens with zero attached hydrogens (tertiary/aromatic N) is 1. The topological polar surface area (TPSA) is 49.9 Å². The number of imidazole rings is 1. The van der Waals surface area contributed by atoms with Crippen LogP contribution in [-0.4, -0.2) is 28.7 Å². The highest BCUT2D eigenvalue weighted by atomic mass is 16.5. The van der Waals surface area contributed by atoms with E-state index >= 15 is 0 Å². The van der Waals surface area contributed by atoms with Crippen LogP contribution in [0.15, 0.2) is 12.4 Å². The summed E-state index contributed by atoms with van der Waals surface area (Å²) in [6, 6.07) is 0. The third kappa shape index (κ3) is 2.33. The fourth-order valence-electron chi connectivity index (χ4n) is 1.77. The zero-order chi connectivity index (χ0) is 9.86. The molecule has 0 bridgehead atoms. The van der Waals surface area contributed by atoms with E-state index in [1.54, 1.807) is 6.20 Å². The third-order valence-electron chi connectivity index (χ3n) is 2.68. The van der Waals surface area contributed by atoms with E-state index in [0.717, 1.165) is 32.0 Å². The van der Waals surface area contributed by atoms with Crippen LogP contribution >= 0.6 is 0 Å². The second-order valence-corrected chi connectivity index (χ2v) is 4.11. The second kappa shape index (κ2) is 4.11. The third-order valence-corrected chi connectivity index (χ3v) is 2.68. The number of aromatic amines is 1. The minimum Gasteiger partial charge on any atom is -0.380 e. The molecule has 1 fully saturated rings. The number of hydrogen-bond acceptors (Lipinski definition) is 3. The van der Waals surface area contributed by atoms with Crippen molar-refractivity contribution in [3.8, 4) is 0 Å². The molecule has 4 nitrogen and oxygen atoms in total. The Kier molecular flexibility index (Phi) is 2.84. The normalized spacial score (nSPS) is 27.8. The summed E-state index contributed by atoms with van der Waals surface area (Å²) in [4.78, 5) is 7.25. The molecule has 1 saturated heterocycles. The molecule has 1 atom stereocenters. The summed E-state index contributed by atoms with van der Waals surface area (Å²) in [5, 5.41) is 3.48. The first-order valence-electron chi connectivity index (χ1n) is 5.10. The fraction of sp³-hybridized carbons (Fsp3) is 0.700. The lowest BCUT2D eigenvalue weighted by Gasteiger charge is -2.34. The van der Waals surface area contributed by atoms with E-state index in [1.807, 2.05) is 6.20 Å². The first kappa shape index (κ1) is 9.68. The van der Waals surface area contributed by atoms with Crippen LogP contribution in [-0.2, 0) is 11.3 Å². The van der Waals surface area contributed by atoms with Crippen LogP contribution in [0.1, 0.15) is 25.6 Å². The Morgan fingerprint density at radius 1 is 1.71 bits per heavy atom. The molecule has 1 aliphatic heterocycles. The van der Waals surface area contributed by atoms with E-state index in [0.29, 0.717) is 0 Å². The number of hydrogen-bond donors (Lipinski definition) is 2. The van der Waals surface area contributed by atoms with Crippen LogP contribution in [0.3, 0.4) is 0 Å². The number of aromatic nitrogens is 2. The highest BCUT2D eigenvalue weighted by Crippen LogP contribution is 2.18. The molecule has 2 rings (SSSR count). The van der Waals surface area contributed by atoms with E-state index in [2.05, 4.69) is 22.2 Å². The van der Waals surface area contributed by atoms with Gasteiger partial charge in [0.15, 0.2) is 0 Å². The van der Waals surface area contributed by atoms with Crippen molar-refractivity contribution in [3.63, 3.8) is 0 Å². The Balaban J connectivity index is 1.84. The molecule has 78 valence electrons. The van der Waals surface area contributed by atoms with Crippen molar-refractivity contribution in [2.45, 2.75) is 31.8 Å². The summed E-state index contributed by atoms with van der Waals surface area (Å²) in [7, 11) is 0. The summed E-state index contributed by atoms with van der Waals surface area (Å²) >= 11 is 0. The summed E-state index contributed by atoms with van der Waals surface area (Å²) in [6.07, 6.45) is 5.93. The number of ether oxygens (including phenoxy) is 1. The molecule has 4 heteroatoms. The number of rotatable bonds is 3. The van der Waals surface area contributed by atoms with E-state index in [9.17, 15) is 0 Å². The summed E-state index contributed by atoms with van der Waals surface area (Å²) < 4.78 is 5.46. The van der Waals surface area contributed by atoms with Gasteiger partial charge in [-0.15, -0.1) is 0 Å². The van der Waals surface area contributed by atoms with Gasteiger partial charge in [0.1, 0.15) is 5.82 Å². The maximum atomic E-state index is 5.46. The van der Waals surface area contributed by atoms with Crippen LogP contribution in [0.25, 0.3) is 0 Å². The number of H-pyrrole nitrogens is 1. The van der Waals surface area contributed by atoms with Crippen molar-refractivity contribution >= 4 is 0 Å². The molecule has 0 radical (unpaired) electrons. The zero-order valence-electron chi connectivity index (χ0n) is 8.55. The monoisotopic (exact) mass is 195 g/mol. The first-order chi connectivity index (χ1) is 6.79. The van der Waals surface area contributed by atoms with Gasteiger partial charge in [-0.1, -0.05) is 0 Å². The van der Waals surface area contributed by atoms with Gasteiger partial charge in [0.25, 0.3) is 0 Å². The quantitative estimate of drug-likeness (QED) is 0.758. The Morgan fingerprint density at radius 2 is 2.64 bits per heavy atom. The van der Waals surface area contributed by atoms with Crippen molar-refractivity contribution in [2.24, 2.45) is 0 Å². The van der Waals surface area contributed by atoms with Crippen molar-refractivity contribution in [2.75, 3.05) is 13.2 Å². The van der Waals surface area contributed by atoms with Gasteiger partial charge in [-0.25, -0.2) is 4.98 Å². The SMILES string of the molecule is CC1(NCc2ncc[nH]2)CCCOC1. The molecule has 1 aromatic rings. The molecular weight excluding hydrogens is 178 g/mol. The fourth-order valence-corrected chi connectivity index (χ4v) is 1.77. The molecule has 1 unspecified atom stereocenters. The molecule has 0 aromatic carbocycles. The Hall–Kier alpha value is -0.870. The summed E-state index contributed by atoms with van der Waals surface area (Å²) in [5.74, 6) is 0.983. The van der Waals surface area contributed by atoms with Crippen molar-refractivity contribution in [1.29, 1.82) is 0 Å². The molecule has 2 heterocycles. The van der Waals surface area contributed by atoms with Crippen LogP contribution in [0.4, 0.5) is 0 Å². The molecular formula is C10H17N3O. The summed E-state index contributed by atoms with van der Waals surface area (Å²) in [5.41, 5.74) is 0.116. The maximum absolute atomic E-state index is 5.46. The van der Waals surface area contributed by atoms with Crippen LogP contribution in [0, 0.1) is 0 Å². The number of nitrogens with one attached hydrogen (secondary N) is 2. The Labute approximate surface area is 84.1 Å². The molecule has 0 spiro atoms. The van der Waals surface area contributed by atoms with E-state index < -0.39 is 0 Å². The van der Waals surface area contributed by atoms with Gasteiger partial charge in [0, 0.05) is 24.5 Å². The minimum atomic E-state index is 0.116. The Morgan fingerprint density at radius 3 is 3.29 bits per heavy atom. The lowest BCUT2D eigenvalue weighted by Crippen LogP contribution is -2.48. The first-order valence-corrected chi connectivity index (χ1v) is 5.10. The smallest absolute Gasteiger partial charge is 0.120 e. The predicted molar refractivity (Wildman–Crippen MR) is 53.9 cm³/mol. The molecule has 1 aliphatic rings. The van der Waals surface area contributed by atoms with Crippen molar-refractivity contribution in [1.82, 2.24) is 15.3 Å². The van der Waals surface area contributed by atoms with Gasteiger partial charge in [0.05, 0.1) is 13.2 Å². The Bertz CT molecular complexity index is 265. The van der Waals surface area contributed by atoms with Crippen molar-refractivity contribution < 1.29 is 4.74 Å². The molecule has 0 saturated carbocycles. The highest BCUT2D eigenvalue weighted by Gasteiger charge is 2.26. The zero-order valence-corrected chi connectivity index (χ0v) is 8.55. The van der Waals surface area contributed by atoms with Gasteiger partial charge in [-0.3, -0.25) is 0 Å². The lowest BCUT2D eigenvalue weighted by atomic mass is 9.95. The molecule has 14 heavy (non-hydrogen) atoms. The van der Waals surface area contributed by atoms with E-state index in [-0.39, 0.29) is 5.54 Å². The van der Waals surface area contributed by atoms with Gasteiger partial charge in [-0.05, 0) is 19.8 Å². The van der Waals surface area contributed by atoms with Crippen LogP contribution < -0.4 is 5.32 Å². The van der Waals surface area contributed by atoms with Gasteiger partial charge in [0.2, 0.25) is 0 Å². The molecule has 2 N–H and O–H groups in total. The van der Waals surface area contributed by atoms with E-state index in [1.165, 1.54) is 6.42 Å². The second-order valence-electron chi connectivity index (χ2n) is 4.11. The standard InChI is InChI=1S/C10H17N3O/c1-10(3-2-6-14-8-10)13-7-9-11-4-5-12-9/h4-5,13H,2-3,6-8H2,1H3,(H,11,12). The maximum Gasteiger partial charge on any atom is 0.120 e. The summed E-state index contributed by atoms with van der Waals surface area (Å²) in [6.45, 7) is 4.69. The van der Waals surface area contributed by atoms with Crippen LogP contribution in [0.5, 0.6) is 0 Å². The average Bonchev–Trinajstić information content (AvgIpc) is 2.69. The highest BCUT2D eigenvalue weighted by molar-refractivity contribution is 4.91. The molecule has 0 amide bonds. The lowest BCUT2D eigenvalue weighted by molar-refractivity contribution is 0.0275. The average molecular weight is 195 g/mol. The van der Waals surface area contributed by atoms with Gasteiger partial charge < -0.3 is 15.0 Å². The minimum absolute atomic E-state index is 0.116. The molecule has 0 aliphatic carbocycles. The largest absolute Gasteiger partial charge is 0.380 e. The predicted octanol–water partition coefficient (Wildman–Crippen LogP) is 1.07. The van der Waals surface area contributed by atoms with Gasteiger partial charge >= 0.3 is 0 Å². The molecule has 1 aromatic heterocycles. The van der Waals surface area contributed by atoms with Crippen LogP contribution in [0.2, 0.25) is 0 Å². The van der Waals surface area contributed by atoms with E-state index in [4.69, 9.17) is 4.74 Å².